The molecule has 0 radical (unpaired) electrons. The topological polar surface area (TPSA) is 34.4 Å². The fraction of sp³-hybridized carbons (Fsp3) is 0.375. The first-order chi connectivity index (χ1) is 9.63. The van der Waals surface area contributed by atoms with E-state index in [2.05, 4.69) is 19.2 Å². The van der Waals surface area contributed by atoms with Crippen LogP contribution in [0, 0.1) is 0 Å². The lowest BCUT2D eigenvalue weighted by Crippen LogP contribution is -2.21. The van der Waals surface area contributed by atoms with Gasteiger partial charge in [0.15, 0.2) is 0 Å². The van der Waals surface area contributed by atoms with Crippen molar-refractivity contribution in [2.75, 3.05) is 0 Å². The van der Waals surface area contributed by atoms with Gasteiger partial charge in [-0.05, 0) is 23.8 Å². The highest BCUT2D eigenvalue weighted by molar-refractivity contribution is 6.30. The molecule has 20 heavy (non-hydrogen) atoms. The first-order valence-electron chi connectivity index (χ1n) is 6.75. The van der Waals surface area contributed by atoms with E-state index in [0.717, 1.165) is 28.5 Å². The zero-order valence-electron chi connectivity index (χ0n) is 11.9. The van der Waals surface area contributed by atoms with Crippen molar-refractivity contribution in [1.82, 2.24) is 5.32 Å². The molecule has 0 atom stereocenters. The summed E-state index contributed by atoms with van der Waals surface area (Å²) in [5.41, 5.74) is 2.24. The lowest BCUT2D eigenvalue weighted by atomic mass is 10.2. The van der Waals surface area contributed by atoms with E-state index in [0.29, 0.717) is 19.3 Å². The third kappa shape index (κ3) is 5.00. The van der Waals surface area contributed by atoms with Crippen molar-refractivity contribution in [2.24, 2.45) is 0 Å². The molecule has 0 unspecified atom stereocenters. The minimum Gasteiger partial charge on any atom is -0.467 e. The summed E-state index contributed by atoms with van der Waals surface area (Å²) in [6, 6.07) is 10.1. The van der Waals surface area contributed by atoms with E-state index in [4.69, 9.17) is 20.8 Å². The van der Waals surface area contributed by atoms with Crippen LogP contribution in [-0.2, 0) is 24.5 Å². The average molecular weight is 294 g/mol. The van der Waals surface area contributed by atoms with Gasteiger partial charge >= 0.3 is 0 Å². The predicted molar refractivity (Wildman–Crippen MR) is 80.6 cm³/mol. The highest BCUT2D eigenvalue weighted by atomic mass is 35.5. The second kappa shape index (κ2) is 7.48. The van der Waals surface area contributed by atoms with Crippen molar-refractivity contribution in [3.05, 3.63) is 58.5 Å². The lowest BCUT2D eigenvalue weighted by Gasteiger charge is -2.04. The molecule has 2 rings (SSSR count). The number of benzene rings is 1. The van der Waals surface area contributed by atoms with Gasteiger partial charge in [-0.1, -0.05) is 37.6 Å². The van der Waals surface area contributed by atoms with Gasteiger partial charge in [0, 0.05) is 23.2 Å². The van der Waals surface area contributed by atoms with Crippen molar-refractivity contribution in [3.8, 4) is 0 Å². The summed E-state index contributed by atoms with van der Waals surface area (Å²) in [5, 5.41) is 4.09. The van der Waals surface area contributed by atoms with Gasteiger partial charge in [-0.3, -0.25) is 0 Å². The smallest absolute Gasteiger partial charge is 0.129 e. The Labute approximate surface area is 124 Å². The van der Waals surface area contributed by atoms with Crippen LogP contribution in [0.2, 0.25) is 5.02 Å². The van der Waals surface area contributed by atoms with Gasteiger partial charge in [0.05, 0.1) is 12.9 Å². The van der Waals surface area contributed by atoms with Crippen LogP contribution in [0.4, 0.5) is 0 Å². The van der Waals surface area contributed by atoms with Gasteiger partial charge in [-0.15, -0.1) is 0 Å². The fourth-order valence-electron chi connectivity index (χ4n) is 1.77. The number of hydrogen-bond donors (Lipinski definition) is 1. The SMILES string of the molecule is CC(C)NCc1coc(COCc2ccc(Cl)cc2)c1. The van der Waals surface area contributed by atoms with E-state index in [1.807, 2.05) is 30.3 Å². The Hall–Kier alpha value is -1.29. The summed E-state index contributed by atoms with van der Waals surface area (Å²) in [6.45, 7) is 6.09. The van der Waals surface area contributed by atoms with Crippen molar-refractivity contribution >= 4 is 11.6 Å². The second-order valence-electron chi connectivity index (χ2n) is 5.08. The Morgan fingerprint density at radius 2 is 1.90 bits per heavy atom. The molecule has 1 aromatic carbocycles. The molecule has 1 heterocycles. The number of nitrogens with one attached hydrogen (secondary N) is 1. The molecule has 0 aliphatic heterocycles. The molecule has 0 bridgehead atoms. The third-order valence-electron chi connectivity index (χ3n) is 2.85. The monoisotopic (exact) mass is 293 g/mol. The van der Waals surface area contributed by atoms with E-state index >= 15 is 0 Å². The Kier molecular flexibility index (Phi) is 5.65. The van der Waals surface area contributed by atoms with Crippen LogP contribution in [-0.4, -0.2) is 6.04 Å². The molecule has 0 aliphatic rings. The van der Waals surface area contributed by atoms with Crippen molar-refractivity contribution in [3.63, 3.8) is 0 Å². The minimum absolute atomic E-state index is 0.467. The number of ether oxygens (including phenoxy) is 1. The van der Waals surface area contributed by atoms with E-state index in [-0.39, 0.29) is 0 Å². The maximum absolute atomic E-state index is 5.83. The molecule has 0 saturated heterocycles. The fourth-order valence-corrected chi connectivity index (χ4v) is 1.89. The Bertz CT molecular complexity index is 520. The number of furan rings is 1. The highest BCUT2D eigenvalue weighted by Crippen LogP contribution is 2.13. The lowest BCUT2D eigenvalue weighted by molar-refractivity contribution is 0.0929. The molecular weight excluding hydrogens is 274 g/mol. The molecule has 1 aromatic heterocycles. The average Bonchev–Trinajstić information content (AvgIpc) is 2.87. The van der Waals surface area contributed by atoms with Gasteiger partial charge in [-0.2, -0.15) is 0 Å². The summed E-state index contributed by atoms with van der Waals surface area (Å²) < 4.78 is 11.1. The Balaban J connectivity index is 1.75. The van der Waals surface area contributed by atoms with Gasteiger partial charge in [0.2, 0.25) is 0 Å². The molecule has 3 nitrogen and oxygen atoms in total. The molecule has 0 amide bonds. The summed E-state index contributed by atoms with van der Waals surface area (Å²) in [4.78, 5) is 0. The van der Waals surface area contributed by atoms with Crippen molar-refractivity contribution < 1.29 is 9.15 Å². The largest absolute Gasteiger partial charge is 0.467 e. The predicted octanol–water partition coefficient (Wildman–Crippen LogP) is 4.15. The maximum Gasteiger partial charge on any atom is 0.129 e. The van der Waals surface area contributed by atoms with E-state index < -0.39 is 0 Å². The third-order valence-corrected chi connectivity index (χ3v) is 3.10. The molecule has 108 valence electrons. The zero-order valence-corrected chi connectivity index (χ0v) is 12.6. The number of rotatable bonds is 7. The van der Waals surface area contributed by atoms with Crippen molar-refractivity contribution in [1.29, 1.82) is 0 Å². The van der Waals surface area contributed by atoms with Gasteiger partial charge in [-0.25, -0.2) is 0 Å². The zero-order chi connectivity index (χ0) is 14.4. The summed E-state index contributed by atoms with van der Waals surface area (Å²) in [7, 11) is 0. The first-order valence-corrected chi connectivity index (χ1v) is 7.13. The van der Waals surface area contributed by atoms with Crippen molar-refractivity contribution in [2.45, 2.75) is 39.6 Å². The Morgan fingerprint density at radius 1 is 1.15 bits per heavy atom. The molecule has 0 saturated carbocycles. The standard InChI is InChI=1S/C16H20ClNO2/c1-12(2)18-8-14-7-16(20-10-14)11-19-9-13-3-5-15(17)6-4-13/h3-7,10,12,18H,8-9,11H2,1-2H3. The van der Waals surface area contributed by atoms with Crippen LogP contribution >= 0.6 is 11.6 Å². The van der Waals surface area contributed by atoms with Crippen LogP contribution in [0.5, 0.6) is 0 Å². The number of halogens is 1. The van der Waals surface area contributed by atoms with E-state index in [9.17, 15) is 0 Å². The molecule has 0 fully saturated rings. The van der Waals surface area contributed by atoms with Crippen LogP contribution in [0.1, 0.15) is 30.7 Å². The highest BCUT2D eigenvalue weighted by Gasteiger charge is 2.03. The second-order valence-corrected chi connectivity index (χ2v) is 5.51. The summed E-state index contributed by atoms with van der Waals surface area (Å²) in [5.74, 6) is 0.847. The number of hydrogen-bond acceptors (Lipinski definition) is 3. The molecule has 4 heteroatoms. The van der Waals surface area contributed by atoms with E-state index in [1.54, 1.807) is 6.26 Å². The van der Waals surface area contributed by atoms with Crippen LogP contribution < -0.4 is 5.32 Å². The normalized spacial score (nSPS) is 11.2. The molecule has 0 aliphatic carbocycles. The Morgan fingerprint density at radius 3 is 2.60 bits per heavy atom. The van der Waals surface area contributed by atoms with Crippen LogP contribution in [0.15, 0.2) is 41.0 Å². The van der Waals surface area contributed by atoms with Gasteiger partial charge in [0.1, 0.15) is 12.4 Å². The van der Waals surface area contributed by atoms with Crippen LogP contribution in [0.3, 0.4) is 0 Å². The summed E-state index contributed by atoms with van der Waals surface area (Å²) >= 11 is 5.83. The van der Waals surface area contributed by atoms with E-state index in [1.165, 1.54) is 0 Å². The maximum atomic E-state index is 5.83. The molecular formula is C16H20ClNO2. The summed E-state index contributed by atoms with van der Waals surface area (Å²) in [6.07, 6.45) is 1.77. The molecule has 0 spiro atoms. The molecule has 2 aromatic rings. The van der Waals surface area contributed by atoms with Gasteiger partial charge < -0.3 is 14.5 Å². The minimum atomic E-state index is 0.467. The van der Waals surface area contributed by atoms with Gasteiger partial charge in [0.25, 0.3) is 0 Å². The molecule has 1 N–H and O–H groups in total. The first kappa shape index (κ1) is 15.1. The quantitative estimate of drug-likeness (QED) is 0.833. The van der Waals surface area contributed by atoms with Crippen LogP contribution in [0.25, 0.3) is 0 Å².